The maximum atomic E-state index is 5.34. The Kier molecular flexibility index (Phi) is 4.28. The van der Waals surface area contributed by atoms with E-state index in [1.807, 2.05) is 4.68 Å². The fourth-order valence-electron chi connectivity index (χ4n) is 2.79. The standard InChI is InChI=1S/C14H22N6O/c1-11(2)14-17-13(21-18-14)8-19-5-3-4-12(6-19)7-20-10-15-9-16-20/h9-12H,3-8H2,1-2H3/t12-/m1/s1. The highest BCUT2D eigenvalue weighted by molar-refractivity contribution is 4.92. The Hall–Kier alpha value is -1.76. The van der Waals surface area contributed by atoms with Crippen molar-refractivity contribution in [3.63, 3.8) is 0 Å². The van der Waals surface area contributed by atoms with Gasteiger partial charge in [0.15, 0.2) is 5.82 Å². The second-order valence-corrected chi connectivity index (χ2v) is 6.06. The van der Waals surface area contributed by atoms with Crippen LogP contribution in [0.25, 0.3) is 0 Å². The summed E-state index contributed by atoms with van der Waals surface area (Å²) >= 11 is 0. The molecule has 1 aliphatic heterocycles. The SMILES string of the molecule is CC(C)c1noc(CN2CCC[C@@H](Cn3cncn3)C2)n1. The maximum absolute atomic E-state index is 5.34. The molecule has 3 heterocycles. The Morgan fingerprint density at radius 1 is 1.43 bits per heavy atom. The minimum atomic E-state index is 0.309. The van der Waals surface area contributed by atoms with Crippen LogP contribution in [-0.4, -0.2) is 42.9 Å². The lowest BCUT2D eigenvalue weighted by molar-refractivity contribution is 0.138. The molecular formula is C14H22N6O. The van der Waals surface area contributed by atoms with Crippen molar-refractivity contribution in [1.29, 1.82) is 0 Å². The molecule has 0 bridgehead atoms. The number of nitrogens with zero attached hydrogens (tertiary/aromatic N) is 6. The van der Waals surface area contributed by atoms with Crippen molar-refractivity contribution in [2.75, 3.05) is 13.1 Å². The van der Waals surface area contributed by atoms with E-state index in [0.717, 1.165) is 37.9 Å². The zero-order valence-electron chi connectivity index (χ0n) is 12.6. The molecule has 2 aromatic rings. The smallest absolute Gasteiger partial charge is 0.240 e. The molecule has 0 saturated carbocycles. The third-order valence-electron chi connectivity index (χ3n) is 3.87. The molecule has 3 rings (SSSR count). The summed E-state index contributed by atoms with van der Waals surface area (Å²) in [7, 11) is 0. The Balaban J connectivity index is 1.55. The fourth-order valence-corrected chi connectivity index (χ4v) is 2.79. The lowest BCUT2D eigenvalue weighted by atomic mass is 9.98. The maximum Gasteiger partial charge on any atom is 0.240 e. The average molecular weight is 290 g/mol. The van der Waals surface area contributed by atoms with E-state index < -0.39 is 0 Å². The summed E-state index contributed by atoms with van der Waals surface area (Å²) in [6.45, 7) is 7.95. The zero-order chi connectivity index (χ0) is 14.7. The van der Waals surface area contributed by atoms with Gasteiger partial charge in [-0.05, 0) is 25.3 Å². The van der Waals surface area contributed by atoms with Gasteiger partial charge in [-0.1, -0.05) is 19.0 Å². The zero-order valence-corrected chi connectivity index (χ0v) is 12.6. The molecule has 0 unspecified atom stereocenters. The molecule has 1 aliphatic rings. The van der Waals surface area contributed by atoms with Gasteiger partial charge in [0.05, 0.1) is 6.54 Å². The first kappa shape index (κ1) is 14.2. The number of rotatable bonds is 5. The second kappa shape index (κ2) is 6.34. The van der Waals surface area contributed by atoms with Crippen LogP contribution >= 0.6 is 0 Å². The molecule has 0 amide bonds. The summed E-state index contributed by atoms with van der Waals surface area (Å²) in [5.41, 5.74) is 0. The summed E-state index contributed by atoms with van der Waals surface area (Å²) in [6, 6.07) is 0. The quantitative estimate of drug-likeness (QED) is 0.834. The molecule has 1 atom stereocenters. The molecule has 21 heavy (non-hydrogen) atoms. The van der Waals surface area contributed by atoms with Gasteiger partial charge in [-0.3, -0.25) is 9.58 Å². The third kappa shape index (κ3) is 3.66. The van der Waals surface area contributed by atoms with Gasteiger partial charge < -0.3 is 4.52 Å². The molecule has 7 nitrogen and oxygen atoms in total. The van der Waals surface area contributed by atoms with Crippen molar-refractivity contribution in [2.45, 2.75) is 45.7 Å². The molecule has 0 spiro atoms. The molecule has 7 heteroatoms. The van der Waals surface area contributed by atoms with E-state index >= 15 is 0 Å². The first-order valence-electron chi connectivity index (χ1n) is 7.58. The number of aromatic nitrogens is 5. The molecule has 1 fully saturated rings. The number of piperidine rings is 1. The van der Waals surface area contributed by atoms with Crippen molar-refractivity contribution in [1.82, 2.24) is 29.8 Å². The topological polar surface area (TPSA) is 72.9 Å². The van der Waals surface area contributed by atoms with E-state index in [1.54, 1.807) is 12.7 Å². The van der Waals surface area contributed by atoms with Gasteiger partial charge >= 0.3 is 0 Å². The largest absolute Gasteiger partial charge is 0.338 e. The van der Waals surface area contributed by atoms with Crippen LogP contribution in [0.15, 0.2) is 17.2 Å². The Morgan fingerprint density at radius 2 is 2.33 bits per heavy atom. The minimum Gasteiger partial charge on any atom is -0.338 e. The average Bonchev–Trinajstić information content (AvgIpc) is 3.11. The van der Waals surface area contributed by atoms with Crippen LogP contribution in [0, 0.1) is 5.92 Å². The summed E-state index contributed by atoms with van der Waals surface area (Å²) in [5.74, 6) is 2.43. The summed E-state index contributed by atoms with van der Waals surface area (Å²) in [4.78, 5) is 10.8. The lowest BCUT2D eigenvalue weighted by Gasteiger charge is -2.31. The van der Waals surface area contributed by atoms with E-state index in [1.165, 1.54) is 12.8 Å². The normalized spacial score (nSPS) is 20.2. The van der Waals surface area contributed by atoms with Crippen LogP contribution in [0.1, 0.15) is 44.3 Å². The van der Waals surface area contributed by atoms with E-state index in [4.69, 9.17) is 4.52 Å². The summed E-state index contributed by atoms with van der Waals surface area (Å²) in [6.07, 6.45) is 5.81. The van der Waals surface area contributed by atoms with Crippen LogP contribution in [0.2, 0.25) is 0 Å². The van der Waals surface area contributed by atoms with Gasteiger partial charge in [-0.25, -0.2) is 4.98 Å². The second-order valence-electron chi connectivity index (χ2n) is 6.06. The van der Waals surface area contributed by atoms with E-state index in [2.05, 4.69) is 39.0 Å². The number of likely N-dealkylation sites (tertiary alicyclic amines) is 1. The van der Waals surface area contributed by atoms with E-state index in [0.29, 0.717) is 11.8 Å². The highest BCUT2D eigenvalue weighted by Crippen LogP contribution is 2.20. The van der Waals surface area contributed by atoms with Gasteiger partial charge in [0, 0.05) is 19.0 Å². The molecule has 0 N–H and O–H groups in total. The fraction of sp³-hybridized carbons (Fsp3) is 0.714. The van der Waals surface area contributed by atoms with Crippen LogP contribution < -0.4 is 0 Å². The molecular weight excluding hydrogens is 268 g/mol. The van der Waals surface area contributed by atoms with Crippen molar-refractivity contribution in [3.8, 4) is 0 Å². The summed E-state index contributed by atoms with van der Waals surface area (Å²) < 4.78 is 7.25. The molecule has 2 aromatic heterocycles. The molecule has 0 aliphatic carbocycles. The highest BCUT2D eigenvalue weighted by atomic mass is 16.5. The van der Waals surface area contributed by atoms with Crippen molar-refractivity contribution < 1.29 is 4.52 Å². The number of hydrogen-bond donors (Lipinski definition) is 0. The molecule has 1 saturated heterocycles. The van der Waals surface area contributed by atoms with Crippen LogP contribution in [0.5, 0.6) is 0 Å². The van der Waals surface area contributed by atoms with Gasteiger partial charge in [-0.15, -0.1) is 0 Å². The predicted molar refractivity (Wildman–Crippen MR) is 76.4 cm³/mol. The Morgan fingerprint density at radius 3 is 3.05 bits per heavy atom. The van der Waals surface area contributed by atoms with Crippen LogP contribution in [-0.2, 0) is 13.1 Å². The highest BCUT2D eigenvalue weighted by Gasteiger charge is 2.22. The van der Waals surface area contributed by atoms with Gasteiger partial charge in [0.25, 0.3) is 0 Å². The van der Waals surface area contributed by atoms with E-state index in [9.17, 15) is 0 Å². The van der Waals surface area contributed by atoms with Gasteiger partial charge in [0.2, 0.25) is 5.89 Å². The Labute approximate surface area is 124 Å². The third-order valence-corrected chi connectivity index (χ3v) is 3.87. The van der Waals surface area contributed by atoms with E-state index in [-0.39, 0.29) is 0 Å². The van der Waals surface area contributed by atoms with Crippen LogP contribution in [0.4, 0.5) is 0 Å². The van der Waals surface area contributed by atoms with Crippen molar-refractivity contribution in [2.24, 2.45) is 5.92 Å². The lowest BCUT2D eigenvalue weighted by Crippen LogP contribution is -2.36. The summed E-state index contributed by atoms with van der Waals surface area (Å²) in [5, 5.41) is 8.21. The van der Waals surface area contributed by atoms with Gasteiger partial charge in [-0.2, -0.15) is 10.1 Å². The van der Waals surface area contributed by atoms with Crippen molar-refractivity contribution in [3.05, 3.63) is 24.4 Å². The molecule has 0 aromatic carbocycles. The van der Waals surface area contributed by atoms with Gasteiger partial charge in [0.1, 0.15) is 12.7 Å². The van der Waals surface area contributed by atoms with Crippen molar-refractivity contribution >= 4 is 0 Å². The van der Waals surface area contributed by atoms with Crippen LogP contribution in [0.3, 0.4) is 0 Å². The monoisotopic (exact) mass is 290 g/mol. The minimum absolute atomic E-state index is 0.309. The number of hydrogen-bond acceptors (Lipinski definition) is 6. The molecule has 0 radical (unpaired) electrons. The Bertz CT molecular complexity index is 550. The molecule has 114 valence electrons. The predicted octanol–water partition coefficient (Wildman–Crippen LogP) is 1.70. The first-order valence-corrected chi connectivity index (χ1v) is 7.58. The first-order chi connectivity index (χ1) is 10.2.